The van der Waals surface area contributed by atoms with Gasteiger partial charge in [0.2, 0.25) is 0 Å². The molecule has 24 heavy (non-hydrogen) atoms. The summed E-state index contributed by atoms with van der Waals surface area (Å²) in [5.74, 6) is -0.0503. The van der Waals surface area contributed by atoms with Crippen molar-refractivity contribution in [1.29, 1.82) is 0 Å². The normalized spacial score (nSPS) is 17.2. The topological polar surface area (TPSA) is 33.5 Å². The third kappa shape index (κ3) is 4.38. The SMILES string of the molecule is O=C(C[NH+]1CC=C(c2ccccc2)CC1)Nc1cc(Cl)ccc1Cl. The van der Waals surface area contributed by atoms with E-state index in [-0.39, 0.29) is 5.91 Å². The van der Waals surface area contributed by atoms with Crippen molar-refractivity contribution in [2.75, 3.05) is 25.0 Å². The van der Waals surface area contributed by atoms with Crippen LogP contribution >= 0.6 is 23.2 Å². The first-order chi connectivity index (χ1) is 11.6. The van der Waals surface area contributed by atoms with Crippen LogP contribution in [0.2, 0.25) is 10.0 Å². The van der Waals surface area contributed by atoms with Gasteiger partial charge >= 0.3 is 0 Å². The molecule has 1 heterocycles. The third-order valence-corrected chi connectivity index (χ3v) is 4.71. The van der Waals surface area contributed by atoms with Crippen molar-refractivity contribution in [1.82, 2.24) is 0 Å². The molecule has 2 aromatic carbocycles. The molecule has 0 bridgehead atoms. The summed E-state index contributed by atoms with van der Waals surface area (Å²) in [7, 11) is 0. The zero-order valence-electron chi connectivity index (χ0n) is 13.2. The van der Waals surface area contributed by atoms with Crippen LogP contribution in [0.4, 0.5) is 5.69 Å². The van der Waals surface area contributed by atoms with Gasteiger partial charge in [0, 0.05) is 11.4 Å². The van der Waals surface area contributed by atoms with Crippen LogP contribution in [0.15, 0.2) is 54.6 Å². The molecule has 0 aromatic heterocycles. The summed E-state index contributed by atoms with van der Waals surface area (Å²) in [4.78, 5) is 13.5. The molecule has 1 amide bonds. The van der Waals surface area contributed by atoms with E-state index in [0.717, 1.165) is 19.5 Å². The number of amides is 1. The Labute approximate surface area is 151 Å². The van der Waals surface area contributed by atoms with E-state index in [9.17, 15) is 4.79 Å². The molecule has 1 unspecified atom stereocenters. The van der Waals surface area contributed by atoms with Crippen molar-refractivity contribution in [2.24, 2.45) is 0 Å². The number of nitrogens with one attached hydrogen (secondary N) is 2. The van der Waals surface area contributed by atoms with Gasteiger partial charge in [-0.15, -0.1) is 0 Å². The highest BCUT2D eigenvalue weighted by atomic mass is 35.5. The van der Waals surface area contributed by atoms with Crippen LogP contribution in [0.25, 0.3) is 5.57 Å². The molecule has 0 saturated carbocycles. The zero-order chi connectivity index (χ0) is 16.9. The Bertz CT molecular complexity index is 759. The highest BCUT2D eigenvalue weighted by Gasteiger charge is 2.19. The molecular weight excluding hydrogens is 343 g/mol. The molecule has 1 aliphatic heterocycles. The summed E-state index contributed by atoms with van der Waals surface area (Å²) < 4.78 is 0. The van der Waals surface area contributed by atoms with Crippen molar-refractivity contribution >= 4 is 40.4 Å². The van der Waals surface area contributed by atoms with Crippen LogP contribution in [-0.4, -0.2) is 25.5 Å². The summed E-state index contributed by atoms with van der Waals surface area (Å²) in [6.07, 6.45) is 3.21. The van der Waals surface area contributed by atoms with Crippen molar-refractivity contribution < 1.29 is 9.69 Å². The van der Waals surface area contributed by atoms with Gasteiger partial charge < -0.3 is 10.2 Å². The van der Waals surface area contributed by atoms with E-state index >= 15 is 0 Å². The van der Waals surface area contributed by atoms with E-state index in [2.05, 4.69) is 35.7 Å². The monoisotopic (exact) mass is 361 g/mol. The van der Waals surface area contributed by atoms with Gasteiger partial charge in [0.25, 0.3) is 5.91 Å². The molecule has 3 nitrogen and oxygen atoms in total. The minimum absolute atomic E-state index is 0.0503. The van der Waals surface area contributed by atoms with Gasteiger partial charge in [0.05, 0.1) is 23.8 Å². The Hall–Kier alpha value is -1.81. The van der Waals surface area contributed by atoms with E-state index in [0.29, 0.717) is 22.3 Å². The molecule has 3 rings (SSSR count). The minimum atomic E-state index is -0.0503. The second-order valence-corrected chi connectivity index (χ2v) is 6.74. The molecule has 0 aliphatic carbocycles. The Kier molecular flexibility index (Phi) is 5.56. The number of carbonyl (C=O) groups is 1. The minimum Gasteiger partial charge on any atom is -0.324 e. The average Bonchev–Trinajstić information content (AvgIpc) is 2.59. The maximum Gasteiger partial charge on any atom is 0.279 e. The molecule has 0 radical (unpaired) electrons. The summed E-state index contributed by atoms with van der Waals surface area (Å²) in [5.41, 5.74) is 3.19. The number of quaternary nitrogens is 1. The van der Waals surface area contributed by atoms with Gasteiger partial charge in [-0.2, -0.15) is 0 Å². The second-order valence-electron chi connectivity index (χ2n) is 5.90. The van der Waals surface area contributed by atoms with Gasteiger partial charge in [-0.1, -0.05) is 53.5 Å². The lowest BCUT2D eigenvalue weighted by Gasteiger charge is -2.23. The average molecular weight is 362 g/mol. The standard InChI is InChI=1S/C19H18Cl2N2O/c20-16-6-7-17(21)18(12-16)22-19(24)13-23-10-8-15(9-11-23)14-4-2-1-3-5-14/h1-8,12H,9-11,13H2,(H,22,24)/p+1. The van der Waals surface area contributed by atoms with Gasteiger partial charge in [-0.05, 0) is 35.4 Å². The summed E-state index contributed by atoms with van der Waals surface area (Å²) in [5, 5.41) is 3.89. The molecule has 5 heteroatoms. The first kappa shape index (κ1) is 17.0. The molecule has 0 spiro atoms. The molecule has 1 atom stereocenters. The third-order valence-electron chi connectivity index (χ3n) is 4.14. The predicted molar refractivity (Wildman–Crippen MR) is 99.7 cm³/mol. The predicted octanol–water partition coefficient (Wildman–Crippen LogP) is 3.30. The molecular formula is C19H19Cl2N2O+. The van der Waals surface area contributed by atoms with Crippen LogP contribution < -0.4 is 10.2 Å². The lowest BCUT2D eigenvalue weighted by atomic mass is 10.00. The first-order valence-electron chi connectivity index (χ1n) is 7.95. The smallest absolute Gasteiger partial charge is 0.279 e. The van der Waals surface area contributed by atoms with Crippen LogP contribution in [0.1, 0.15) is 12.0 Å². The van der Waals surface area contributed by atoms with Crippen LogP contribution in [-0.2, 0) is 4.79 Å². The molecule has 0 saturated heterocycles. The number of hydrogen-bond donors (Lipinski definition) is 2. The van der Waals surface area contributed by atoms with Crippen LogP contribution in [0, 0.1) is 0 Å². The lowest BCUT2D eigenvalue weighted by Crippen LogP contribution is -3.13. The number of carbonyl (C=O) groups excluding carboxylic acids is 1. The lowest BCUT2D eigenvalue weighted by molar-refractivity contribution is -0.886. The first-order valence-corrected chi connectivity index (χ1v) is 8.70. The maximum absolute atomic E-state index is 12.2. The van der Waals surface area contributed by atoms with Crippen LogP contribution in [0.5, 0.6) is 0 Å². The van der Waals surface area contributed by atoms with E-state index in [4.69, 9.17) is 23.2 Å². The highest BCUT2D eigenvalue weighted by molar-refractivity contribution is 6.35. The van der Waals surface area contributed by atoms with E-state index in [1.807, 2.05) is 6.07 Å². The highest BCUT2D eigenvalue weighted by Crippen LogP contribution is 2.25. The second kappa shape index (κ2) is 7.84. The Morgan fingerprint density at radius 3 is 2.62 bits per heavy atom. The quantitative estimate of drug-likeness (QED) is 0.860. The fourth-order valence-electron chi connectivity index (χ4n) is 2.87. The van der Waals surface area contributed by atoms with E-state index in [1.54, 1.807) is 18.2 Å². The Morgan fingerprint density at radius 1 is 1.12 bits per heavy atom. The van der Waals surface area contributed by atoms with Crippen molar-refractivity contribution in [2.45, 2.75) is 6.42 Å². The number of benzene rings is 2. The zero-order valence-corrected chi connectivity index (χ0v) is 14.7. The number of halogens is 2. The summed E-state index contributed by atoms with van der Waals surface area (Å²) >= 11 is 12.0. The molecule has 2 aromatic rings. The number of anilines is 1. The molecule has 2 N–H and O–H groups in total. The molecule has 124 valence electrons. The summed E-state index contributed by atoms with van der Waals surface area (Å²) in [6.45, 7) is 2.21. The van der Waals surface area contributed by atoms with Gasteiger partial charge in [0.1, 0.15) is 0 Å². The van der Waals surface area contributed by atoms with E-state index < -0.39 is 0 Å². The fraction of sp³-hybridized carbons (Fsp3) is 0.211. The Balaban J connectivity index is 1.57. The van der Waals surface area contributed by atoms with Crippen molar-refractivity contribution in [3.8, 4) is 0 Å². The van der Waals surface area contributed by atoms with Crippen molar-refractivity contribution in [3.05, 3.63) is 70.2 Å². The fourth-order valence-corrected chi connectivity index (χ4v) is 3.21. The van der Waals surface area contributed by atoms with Gasteiger partial charge in [-0.25, -0.2) is 0 Å². The van der Waals surface area contributed by atoms with Crippen molar-refractivity contribution in [3.63, 3.8) is 0 Å². The Morgan fingerprint density at radius 2 is 1.92 bits per heavy atom. The molecule has 0 fully saturated rings. The largest absolute Gasteiger partial charge is 0.324 e. The summed E-state index contributed by atoms with van der Waals surface area (Å²) in [6, 6.07) is 15.4. The van der Waals surface area contributed by atoms with Gasteiger partial charge in [-0.3, -0.25) is 4.79 Å². The molecule has 1 aliphatic rings. The van der Waals surface area contributed by atoms with Gasteiger partial charge in [0.15, 0.2) is 6.54 Å². The van der Waals surface area contributed by atoms with Crippen LogP contribution in [0.3, 0.4) is 0 Å². The maximum atomic E-state index is 12.2. The number of hydrogen-bond acceptors (Lipinski definition) is 1. The number of rotatable bonds is 4. The van der Waals surface area contributed by atoms with E-state index in [1.165, 1.54) is 16.0 Å².